The number of allylic oxidation sites excluding steroid dienone is 1. The summed E-state index contributed by atoms with van der Waals surface area (Å²) in [6.45, 7) is 36.0. The molecule has 48 heavy (non-hydrogen) atoms. The van der Waals surface area contributed by atoms with E-state index in [1.54, 1.807) is 7.11 Å². The summed E-state index contributed by atoms with van der Waals surface area (Å²) in [6, 6.07) is 15.0. The van der Waals surface area contributed by atoms with Crippen LogP contribution < -0.4 is 4.74 Å². The van der Waals surface area contributed by atoms with Crippen molar-refractivity contribution >= 4 is 25.0 Å². The normalized spacial score (nSPS) is 17.2. The van der Waals surface area contributed by atoms with Crippen LogP contribution in [-0.2, 0) is 24.6 Å². The first-order valence-corrected chi connectivity index (χ1v) is 27.2. The Kier molecular flexibility index (Phi) is 19.2. The van der Waals surface area contributed by atoms with Gasteiger partial charge in [0.05, 0.1) is 25.9 Å². The second-order valence-electron chi connectivity index (χ2n) is 16.3. The summed E-state index contributed by atoms with van der Waals surface area (Å²) in [7, 11) is -3.85. The van der Waals surface area contributed by atoms with E-state index in [9.17, 15) is 0 Å². The van der Waals surface area contributed by atoms with Gasteiger partial charge in [-0.1, -0.05) is 100 Å². The van der Waals surface area contributed by atoms with Crippen LogP contribution in [-0.4, -0.2) is 56.5 Å². The smallest absolute Gasteiger partial charge is 0.193 e. The fraction of sp³-hybridized carbons (Fsp3) is 0.800. The summed E-state index contributed by atoms with van der Waals surface area (Å²) in [4.78, 5) is 0. The van der Waals surface area contributed by atoms with Crippen molar-refractivity contribution in [1.82, 2.24) is 0 Å². The largest absolute Gasteiger partial charge is 0.497 e. The molecule has 0 fully saturated rings. The van der Waals surface area contributed by atoms with Crippen molar-refractivity contribution in [2.75, 3.05) is 13.7 Å². The van der Waals surface area contributed by atoms with E-state index in [4.69, 9.17) is 22.8 Å². The van der Waals surface area contributed by atoms with Crippen LogP contribution in [0.3, 0.4) is 0 Å². The second-order valence-corrected chi connectivity index (χ2v) is 30.5. The topological polar surface area (TPSA) is 46.2 Å². The van der Waals surface area contributed by atoms with Crippen molar-refractivity contribution in [2.24, 2.45) is 11.8 Å². The highest BCUT2D eigenvalue weighted by Crippen LogP contribution is 2.39. The van der Waals surface area contributed by atoms with Gasteiger partial charge in [0, 0.05) is 12.2 Å². The van der Waals surface area contributed by atoms with E-state index in [1.807, 2.05) is 12.1 Å². The summed E-state index contributed by atoms with van der Waals surface area (Å²) >= 11 is 0. The molecule has 0 aliphatic heterocycles. The molecule has 0 heterocycles. The minimum Gasteiger partial charge on any atom is -0.497 e. The number of rotatable bonds is 24. The molecule has 0 amide bonds. The van der Waals surface area contributed by atoms with Crippen LogP contribution in [0.4, 0.5) is 0 Å². The Labute approximate surface area is 301 Å². The molecule has 0 radical (unpaired) electrons. The molecule has 5 atom stereocenters. The molecule has 280 valence electrons. The van der Waals surface area contributed by atoms with E-state index >= 15 is 0 Å². The molecule has 0 aliphatic carbocycles. The van der Waals surface area contributed by atoms with E-state index < -0.39 is 30.6 Å². The van der Waals surface area contributed by atoms with Gasteiger partial charge in [0.2, 0.25) is 0 Å². The van der Waals surface area contributed by atoms with Gasteiger partial charge in [-0.05, 0) is 111 Å². The summed E-state index contributed by atoms with van der Waals surface area (Å²) in [5, 5.41) is 0.199. The fourth-order valence-electron chi connectivity index (χ4n) is 6.38. The van der Waals surface area contributed by atoms with Crippen LogP contribution >= 0.6 is 0 Å². The van der Waals surface area contributed by atoms with Crippen LogP contribution in [0, 0.1) is 11.8 Å². The number of methoxy groups -OCH3 is 1. The van der Waals surface area contributed by atoms with Gasteiger partial charge in [-0.3, -0.25) is 0 Å². The molecule has 0 saturated heterocycles. The molecule has 0 aliphatic rings. The number of ether oxygens (including phenoxy) is 2. The molecule has 0 spiro atoms. The van der Waals surface area contributed by atoms with Crippen molar-refractivity contribution in [3.05, 3.63) is 42.0 Å². The Morgan fingerprint density at radius 3 is 1.71 bits per heavy atom. The predicted octanol–water partition coefficient (Wildman–Crippen LogP) is 12.4. The van der Waals surface area contributed by atoms with Gasteiger partial charge in [0.15, 0.2) is 25.0 Å². The maximum absolute atomic E-state index is 7.31. The van der Waals surface area contributed by atoms with Crippen LogP contribution in [0.25, 0.3) is 0 Å². The molecule has 1 rings (SSSR count). The van der Waals surface area contributed by atoms with Crippen molar-refractivity contribution in [1.29, 1.82) is 0 Å². The number of hydrogen-bond acceptors (Lipinski definition) is 5. The summed E-state index contributed by atoms with van der Waals surface area (Å²) in [6.07, 6.45) is 7.06. The molecule has 1 aromatic carbocycles. The SMILES string of the molecule is CC[Si](CC)(CC)O[C@H](C[C@H](C)[C@H](C)O[Si](C)(C)C(C)(C)C)[C@@H](C)C/C=C/[C@](C)(COCc1ccc(OC)cc1)O[Si](CC)(CC)CC. The molecular formula is C40H78O5Si3. The molecular weight excluding hydrogens is 645 g/mol. The molecule has 0 aromatic heterocycles. The van der Waals surface area contributed by atoms with E-state index in [1.165, 1.54) is 18.1 Å². The molecule has 1 aromatic rings. The molecule has 8 heteroatoms. The van der Waals surface area contributed by atoms with E-state index in [0.29, 0.717) is 25.0 Å². The maximum atomic E-state index is 7.31. The predicted molar refractivity (Wildman–Crippen MR) is 216 cm³/mol. The Bertz CT molecular complexity index is 1030. The average molecular weight is 723 g/mol. The fourth-order valence-corrected chi connectivity index (χ4v) is 13.9. The molecule has 0 N–H and O–H groups in total. The average Bonchev–Trinajstić information content (AvgIpc) is 3.05. The van der Waals surface area contributed by atoms with Gasteiger partial charge in [0.1, 0.15) is 5.75 Å². The molecule has 0 saturated carbocycles. The summed E-state index contributed by atoms with van der Waals surface area (Å²) in [5.41, 5.74) is 0.654. The zero-order chi connectivity index (χ0) is 36.8. The van der Waals surface area contributed by atoms with Crippen molar-refractivity contribution < 1.29 is 22.8 Å². The zero-order valence-electron chi connectivity index (χ0n) is 34.4. The van der Waals surface area contributed by atoms with Crippen molar-refractivity contribution in [2.45, 2.75) is 182 Å². The third-order valence-corrected chi connectivity index (χ3v) is 25.8. The maximum Gasteiger partial charge on any atom is 0.193 e. The van der Waals surface area contributed by atoms with Crippen molar-refractivity contribution in [3.8, 4) is 5.75 Å². The lowest BCUT2D eigenvalue weighted by Crippen LogP contribution is -2.47. The van der Waals surface area contributed by atoms with Gasteiger partial charge < -0.3 is 22.8 Å². The van der Waals surface area contributed by atoms with Gasteiger partial charge in [-0.2, -0.15) is 0 Å². The van der Waals surface area contributed by atoms with Gasteiger partial charge in [-0.25, -0.2) is 0 Å². The lowest BCUT2D eigenvalue weighted by molar-refractivity contribution is 0.000515. The second kappa shape index (κ2) is 20.3. The lowest BCUT2D eigenvalue weighted by Gasteiger charge is -2.42. The first kappa shape index (κ1) is 45.3. The van der Waals surface area contributed by atoms with Crippen LogP contribution in [0.1, 0.15) is 108 Å². The highest BCUT2D eigenvalue weighted by molar-refractivity contribution is 6.74. The van der Waals surface area contributed by atoms with E-state index in [2.05, 4.69) is 127 Å². The highest BCUT2D eigenvalue weighted by atomic mass is 28.4. The van der Waals surface area contributed by atoms with Gasteiger partial charge in [-0.15, -0.1) is 0 Å². The van der Waals surface area contributed by atoms with Crippen molar-refractivity contribution in [3.63, 3.8) is 0 Å². The zero-order valence-corrected chi connectivity index (χ0v) is 37.4. The standard InChI is InChI=1S/C40H78O5Si3/c1-17-47(18-2,19-3)44-38(30-34(8)35(9)43-46(15,16)39(10,11)12)33(7)24-23-29-40(13,45-48(20-4,21-5)22-6)32-42-31-36-25-27-37(41-14)28-26-36/h23,25-29,33-35,38H,17-22,24,30-32H2,1-16H3/b29-23+/t33-,34-,35-,38+,40+/m0/s1. The number of hydrogen-bond donors (Lipinski definition) is 0. The lowest BCUT2D eigenvalue weighted by atomic mass is 9.90. The highest BCUT2D eigenvalue weighted by Gasteiger charge is 2.41. The van der Waals surface area contributed by atoms with E-state index in [0.717, 1.165) is 42.3 Å². The number of benzene rings is 1. The summed E-state index contributed by atoms with van der Waals surface area (Å²) < 4.78 is 33.1. The quantitative estimate of drug-likeness (QED) is 0.0785. The molecule has 0 unspecified atom stereocenters. The minimum atomic E-state index is -1.89. The summed E-state index contributed by atoms with van der Waals surface area (Å²) in [5.74, 6) is 1.66. The van der Waals surface area contributed by atoms with Crippen LogP contribution in [0.2, 0.25) is 54.4 Å². The van der Waals surface area contributed by atoms with Gasteiger partial charge in [0.25, 0.3) is 0 Å². The Morgan fingerprint density at radius 2 is 1.25 bits per heavy atom. The Hall–Kier alpha value is -0.749. The first-order chi connectivity index (χ1) is 22.3. The molecule has 0 bridgehead atoms. The Balaban J connectivity index is 3.25. The third kappa shape index (κ3) is 13.8. The monoisotopic (exact) mass is 723 g/mol. The Morgan fingerprint density at radius 1 is 0.729 bits per heavy atom. The third-order valence-electron chi connectivity index (χ3n) is 11.8. The first-order valence-electron chi connectivity index (χ1n) is 19.3. The van der Waals surface area contributed by atoms with E-state index in [-0.39, 0.29) is 17.2 Å². The van der Waals surface area contributed by atoms with Crippen LogP contribution in [0.15, 0.2) is 36.4 Å². The molecule has 5 nitrogen and oxygen atoms in total. The van der Waals surface area contributed by atoms with Gasteiger partial charge >= 0.3 is 0 Å². The van der Waals surface area contributed by atoms with Crippen LogP contribution in [0.5, 0.6) is 5.75 Å². The minimum absolute atomic E-state index is 0.199.